The van der Waals surface area contributed by atoms with Gasteiger partial charge in [0.15, 0.2) is 0 Å². The van der Waals surface area contributed by atoms with Crippen LogP contribution in [0.2, 0.25) is 5.02 Å². The minimum atomic E-state index is -0.170. The quantitative estimate of drug-likeness (QED) is 0.914. The van der Waals surface area contributed by atoms with Gasteiger partial charge < -0.3 is 10.5 Å². The summed E-state index contributed by atoms with van der Waals surface area (Å²) >= 11 is 6.01. The first-order valence-electron chi connectivity index (χ1n) is 5.77. The Bertz CT molecular complexity index is 554. The van der Waals surface area contributed by atoms with Crippen LogP contribution in [0.25, 0.3) is 0 Å². The number of rotatable bonds is 3. The fraction of sp³-hybridized carbons (Fsp3) is 0.200. The largest absolute Gasteiger partial charge is 0.495 e. The summed E-state index contributed by atoms with van der Waals surface area (Å²) in [6, 6.07) is 13.6. The third kappa shape index (κ3) is 2.66. The summed E-state index contributed by atoms with van der Waals surface area (Å²) in [7, 11) is 1.60. The third-order valence-corrected chi connectivity index (χ3v) is 3.25. The van der Waals surface area contributed by atoms with Crippen molar-refractivity contribution >= 4 is 11.6 Å². The normalized spacial score (nSPS) is 12.2. The molecule has 0 fully saturated rings. The van der Waals surface area contributed by atoms with E-state index in [1.807, 2.05) is 30.3 Å². The van der Waals surface area contributed by atoms with Crippen LogP contribution in [0.4, 0.5) is 0 Å². The number of ether oxygens (including phenoxy) is 1. The van der Waals surface area contributed by atoms with Gasteiger partial charge in [-0.1, -0.05) is 47.5 Å². The third-order valence-electron chi connectivity index (χ3n) is 2.94. The highest BCUT2D eigenvalue weighted by Crippen LogP contribution is 2.29. The molecule has 1 unspecified atom stereocenters. The minimum Gasteiger partial charge on any atom is -0.495 e. The molecule has 2 rings (SSSR count). The number of nitrogens with two attached hydrogens (primary N) is 1. The molecule has 0 aromatic heterocycles. The molecule has 0 amide bonds. The summed E-state index contributed by atoms with van der Waals surface area (Å²) in [5, 5.41) is 0.595. The molecule has 0 saturated heterocycles. The van der Waals surface area contributed by atoms with E-state index in [1.165, 1.54) is 5.56 Å². The first-order chi connectivity index (χ1) is 8.61. The topological polar surface area (TPSA) is 35.2 Å². The lowest BCUT2D eigenvalue weighted by Gasteiger charge is -2.14. The predicted molar refractivity (Wildman–Crippen MR) is 75.2 cm³/mol. The van der Waals surface area contributed by atoms with Crippen LogP contribution < -0.4 is 10.5 Å². The van der Waals surface area contributed by atoms with Crippen molar-refractivity contribution in [1.82, 2.24) is 0 Å². The number of methoxy groups -OCH3 is 1. The molecule has 2 aromatic rings. The van der Waals surface area contributed by atoms with Crippen LogP contribution in [0.5, 0.6) is 5.75 Å². The van der Waals surface area contributed by atoms with Gasteiger partial charge in [0, 0.05) is 0 Å². The smallest absolute Gasteiger partial charge is 0.137 e. The molecule has 0 bridgehead atoms. The van der Waals surface area contributed by atoms with Crippen LogP contribution in [0.1, 0.15) is 22.7 Å². The first kappa shape index (κ1) is 12.9. The van der Waals surface area contributed by atoms with Crippen LogP contribution in [-0.2, 0) is 0 Å². The molecule has 94 valence electrons. The monoisotopic (exact) mass is 261 g/mol. The van der Waals surface area contributed by atoms with Crippen molar-refractivity contribution in [3.63, 3.8) is 0 Å². The molecule has 3 heteroatoms. The highest BCUT2D eigenvalue weighted by molar-refractivity contribution is 6.32. The van der Waals surface area contributed by atoms with Gasteiger partial charge in [-0.25, -0.2) is 0 Å². The lowest BCUT2D eigenvalue weighted by molar-refractivity contribution is 0.414. The number of hydrogen-bond acceptors (Lipinski definition) is 2. The highest BCUT2D eigenvalue weighted by atomic mass is 35.5. The van der Waals surface area contributed by atoms with E-state index in [1.54, 1.807) is 7.11 Å². The van der Waals surface area contributed by atoms with E-state index >= 15 is 0 Å². The van der Waals surface area contributed by atoms with Gasteiger partial charge in [-0.15, -0.1) is 0 Å². The fourth-order valence-corrected chi connectivity index (χ4v) is 2.12. The maximum atomic E-state index is 6.26. The summed E-state index contributed by atoms with van der Waals surface area (Å²) in [5.41, 5.74) is 9.53. The zero-order valence-corrected chi connectivity index (χ0v) is 11.2. The van der Waals surface area contributed by atoms with E-state index in [0.717, 1.165) is 11.1 Å². The Kier molecular flexibility index (Phi) is 3.90. The molecule has 0 aliphatic heterocycles. The van der Waals surface area contributed by atoms with Crippen LogP contribution >= 0.6 is 11.6 Å². The summed E-state index contributed by atoms with van der Waals surface area (Å²) < 4.78 is 5.21. The van der Waals surface area contributed by atoms with Crippen LogP contribution in [-0.4, -0.2) is 7.11 Å². The highest BCUT2D eigenvalue weighted by Gasteiger charge is 2.11. The molecule has 2 N–H and O–H groups in total. The molecule has 1 atom stereocenters. The molecule has 0 saturated carbocycles. The lowest BCUT2D eigenvalue weighted by Crippen LogP contribution is -2.12. The molecular weight excluding hydrogens is 246 g/mol. The van der Waals surface area contributed by atoms with Crippen LogP contribution in [0.15, 0.2) is 42.5 Å². The van der Waals surface area contributed by atoms with Crippen molar-refractivity contribution in [1.29, 1.82) is 0 Å². The van der Waals surface area contributed by atoms with Gasteiger partial charge in [0.05, 0.1) is 18.2 Å². The lowest BCUT2D eigenvalue weighted by atomic mass is 9.98. The van der Waals surface area contributed by atoms with Gasteiger partial charge in [-0.2, -0.15) is 0 Å². The maximum absolute atomic E-state index is 6.26. The van der Waals surface area contributed by atoms with E-state index < -0.39 is 0 Å². The molecule has 2 aromatic carbocycles. The minimum absolute atomic E-state index is 0.170. The number of aryl methyl sites for hydroxylation is 1. The van der Waals surface area contributed by atoms with E-state index in [2.05, 4.69) is 19.1 Å². The van der Waals surface area contributed by atoms with Crippen LogP contribution in [0, 0.1) is 6.92 Å². The second-order valence-corrected chi connectivity index (χ2v) is 4.69. The Hall–Kier alpha value is -1.51. The Balaban J connectivity index is 2.36. The predicted octanol–water partition coefficient (Wildman–Crippen LogP) is 3.71. The van der Waals surface area contributed by atoms with Crippen molar-refractivity contribution in [2.24, 2.45) is 5.73 Å². The first-order valence-corrected chi connectivity index (χ1v) is 6.15. The number of hydrogen-bond donors (Lipinski definition) is 1. The Morgan fingerprint density at radius 3 is 2.50 bits per heavy atom. The van der Waals surface area contributed by atoms with E-state index in [0.29, 0.717) is 10.8 Å². The molecular formula is C15H16ClNO. The van der Waals surface area contributed by atoms with Crippen molar-refractivity contribution < 1.29 is 4.74 Å². The van der Waals surface area contributed by atoms with Gasteiger partial charge >= 0.3 is 0 Å². The summed E-state index contributed by atoms with van der Waals surface area (Å²) in [6.07, 6.45) is 0. The fourth-order valence-electron chi connectivity index (χ4n) is 1.93. The van der Waals surface area contributed by atoms with Crippen molar-refractivity contribution in [2.75, 3.05) is 7.11 Å². The zero-order chi connectivity index (χ0) is 13.1. The molecule has 0 heterocycles. The summed E-state index contributed by atoms with van der Waals surface area (Å²) in [6.45, 7) is 2.05. The average molecular weight is 262 g/mol. The second-order valence-electron chi connectivity index (χ2n) is 4.29. The molecule has 0 aliphatic rings. The number of halogens is 1. The Morgan fingerprint density at radius 1 is 1.11 bits per heavy atom. The molecule has 2 nitrogen and oxygen atoms in total. The van der Waals surface area contributed by atoms with E-state index in [4.69, 9.17) is 22.1 Å². The van der Waals surface area contributed by atoms with Gasteiger partial charge in [-0.3, -0.25) is 0 Å². The van der Waals surface area contributed by atoms with Crippen molar-refractivity contribution in [3.8, 4) is 5.75 Å². The van der Waals surface area contributed by atoms with Gasteiger partial charge in [0.1, 0.15) is 5.75 Å². The van der Waals surface area contributed by atoms with E-state index in [-0.39, 0.29) is 6.04 Å². The Labute approximate surface area is 112 Å². The number of benzene rings is 2. The Morgan fingerprint density at radius 2 is 1.83 bits per heavy atom. The summed E-state index contributed by atoms with van der Waals surface area (Å²) in [5.74, 6) is 0.650. The van der Waals surface area contributed by atoms with Crippen molar-refractivity contribution in [3.05, 3.63) is 64.2 Å². The molecule has 0 radical (unpaired) electrons. The van der Waals surface area contributed by atoms with Crippen molar-refractivity contribution in [2.45, 2.75) is 13.0 Å². The van der Waals surface area contributed by atoms with Gasteiger partial charge in [-0.05, 0) is 30.2 Å². The van der Waals surface area contributed by atoms with E-state index in [9.17, 15) is 0 Å². The standard InChI is InChI=1S/C15H16ClNO/c1-10-4-3-5-11(8-10)15(17)12-6-7-13(16)14(9-12)18-2/h3-9,15H,17H2,1-2H3. The van der Waals surface area contributed by atoms with Crippen LogP contribution in [0.3, 0.4) is 0 Å². The zero-order valence-electron chi connectivity index (χ0n) is 10.5. The molecule has 0 spiro atoms. The average Bonchev–Trinajstić information content (AvgIpc) is 2.38. The van der Waals surface area contributed by atoms with Gasteiger partial charge in [0.25, 0.3) is 0 Å². The summed E-state index contributed by atoms with van der Waals surface area (Å²) in [4.78, 5) is 0. The second kappa shape index (κ2) is 5.42. The SMILES string of the molecule is COc1cc(C(N)c2cccc(C)c2)ccc1Cl. The van der Waals surface area contributed by atoms with Gasteiger partial charge in [0.2, 0.25) is 0 Å². The maximum Gasteiger partial charge on any atom is 0.137 e. The molecule has 0 aliphatic carbocycles. The molecule has 18 heavy (non-hydrogen) atoms.